The van der Waals surface area contributed by atoms with Crippen molar-refractivity contribution in [1.29, 1.82) is 5.26 Å². The fraction of sp³-hybridized carbons (Fsp3) is 0.462. The minimum atomic E-state index is 0.649. The molecule has 2 nitrogen and oxygen atoms in total. The first-order chi connectivity index (χ1) is 7.71. The van der Waals surface area contributed by atoms with Gasteiger partial charge in [0.05, 0.1) is 11.6 Å². The largest absolute Gasteiger partial charge is 0.374 e. The third-order valence-electron chi connectivity index (χ3n) is 2.74. The van der Waals surface area contributed by atoms with E-state index in [0.29, 0.717) is 5.92 Å². The van der Waals surface area contributed by atoms with Crippen LogP contribution in [0.25, 0.3) is 0 Å². The van der Waals surface area contributed by atoms with E-state index in [1.165, 1.54) is 0 Å². The van der Waals surface area contributed by atoms with Gasteiger partial charge >= 0.3 is 0 Å². The van der Waals surface area contributed by atoms with E-state index in [1.54, 1.807) is 0 Å². The van der Waals surface area contributed by atoms with E-state index in [-0.39, 0.29) is 0 Å². The third kappa shape index (κ3) is 3.53. The fourth-order valence-electron chi connectivity index (χ4n) is 1.59. The topological polar surface area (TPSA) is 27.0 Å². The molecule has 1 atom stereocenters. The average Bonchev–Trinajstić information content (AvgIpc) is 2.35. The maximum atomic E-state index is 8.84. The van der Waals surface area contributed by atoms with Crippen molar-refractivity contribution in [1.82, 2.24) is 0 Å². The second-order valence-electron chi connectivity index (χ2n) is 3.97. The lowest BCUT2D eigenvalue weighted by atomic mass is 10.1. The maximum Gasteiger partial charge on any atom is 0.0992 e. The number of nitriles is 1. The minimum absolute atomic E-state index is 0.649. The van der Waals surface area contributed by atoms with Crippen molar-refractivity contribution in [3.63, 3.8) is 0 Å². The molecule has 0 fully saturated rings. The van der Waals surface area contributed by atoms with Crippen molar-refractivity contribution < 1.29 is 0 Å². The first kappa shape index (κ1) is 13.1. The van der Waals surface area contributed by atoms with Crippen LogP contribution in [-0.4, -0.2) is 18.9 Å². The lowest BCUT2D eigenvalue weighted by Gasteiger charge is -2.24. The maximum absolute atomic E-state index is 8.84. The van der Waals surface area contributed by atoms with Crippen molar-refractivity contribution in [2.24, 2.45) is 5.92 Å². The fourth-order valence-corrected chi connectivity index (χ4v) is 2.26. The number of rotatable bonds is 5. The van der Waals surface area contributed by atoms with Gasteiger partial charge in [-0.05, 0) is 24.1 Å². The Morgan fingerprint density at radius 2 is 2.25 bits per heavy atom. The molecule has 1 aromatic rings. The monoisotopic (exact) mass is 280 g/mol. The minimum Gasteiger partial charge on any atom is -0.374 e. The Bertz CT molecular complexity index is 366. The van der Waals surface area contributed by atoms with E-state index in [9.17, 15) is 0 Å². The van der Waals surface area contributed by atoms with E-state index in [0.717, 1.165) is 29.5 Å². The summed E-state index contributed by atoms with van der Waals surface area (Å²) in [5, 5.41) is 9.86. The highest BCUT2D eigenvalue weighted by Crippen LogP contribution is 2.17. The summed E-state index contributed by atoms with van der Waals surface area (Å²) in [5.74, 6) is 0.649. The molecule has 1 unspecified atom stereocenters. The summed E-state index contributed by atoms with van der Waals surface area (Å²) >= 11 is 3.53. The van der Waals surface area contributed by atoms with Gasteiger partial charge in [-0.3, -0.25) is 0 Å². The molecule has 1 aromatic carbocycles. The van der Waals surface area contributed by atoms with Crippen LogP contribution in [-0.2, 0) is 0 Å². The number of hydrogen-bond donors (Lipinski definition) is 0. The molecule has 0 amide bonds. The molecular formula is C13H17BrN2. The quantitative estimate of drug-likeness (QED) is 0.773. The first-order valence-corrected chi connectivity index (χ1v) is 6.60. The summed E-state index contributed by atoms with van der Waals surface area (Å²) in [7, 11) is 2.07. The number of nitrogens with zero attached hydrogens (tertiary/aromatic N) is 2. The summed E-state index contributed by atoms with van der Waals surface area (Å²) in [6.45, 7) is 3.21. The summed E-state index contributed by atoms with van der Waals surface area (Å²) in [4.78, 5) is 2.20. The summed E-state index contributed by atoms with van der Waals surface area (Å²) in [5.41, 5.74) is 1.83. The van der Waals surface area contributed by atoms with Crippen LogP contribution in [0, 0.1) is 17.2 Å². The molecule has 0 radical (unpaired) electrons. The predicted molar refractivity (Wildman–Crippen MR) is 72.0 cm³/mol. The SMILES string of the molecule is CCC(CBr)CN(C)c1cccc(C#N)c1. The van der Waals surface area contributed by atoms with Crippen LogP contribution in [0.15, 0.2) is 24.3 Å². The van der Waals surface area contributed by atoms with Gasteiger partial charge < -0.3 is 4.90 Å². The lowest BCUT2D eigenvalue weighted by Crippen LogP contribution is -2.25. The molecule has 1 rings (SSSR count). The molecule has 0 N–H and O–H groups in total. The van der Waals surface area contributed by atoms with E-state index >= 15 is 0 Å². The van der Waals surface area contributed by atoms with E-state index in [1.807, 2.05) is 24.3 Å². The molecular weight excluding hydrogens is 264 g/mol. The standard InChI is InChI=1S/C13H17BrN2/c1-3-11(8-14)10-16(2)13-6-4-5-12(7-13)9-15/h4-7,11H,3,8,10H2,1-2H3. The Balaban J connectivity index is 2.72. The Kier molecular flexibility index (Phi) is 5.34. The Hall–Kier alpha value is -1.01. The van der Waals surface area contributed by atoms with Crippen molar-refractivity contribution in [2.75, 3.05) is 23.8 Å². The molecule has 0 saturated heterocycles. The summed E-state index contributed by atoms with van der Waals surface area (Å²) < 4.78 is 0. The molecule has 0 aliphatic carbocycles. The van der Waals surface area contributed by atoms with Crippen molar-refractivity contribution in [2.45, 2.75) is 13.3 Å². The Morgan fingerprint density at radius 1 is 1.50 bits per heavy atom. The highest BCUT2D eigenvalue weighted by Gasteiger charge is 2.09. The second-order valence-corrected chi connectivity index (χ2v) is 4.62. The van der Waals surface area contributed by atoms with Crippen LogP contribution in [0.5, 0.6) is 0 Å². The van der Waals surface area contributed by atoms with Gasteiger partial charge in [0.2, 0.25) is 0 Å². The Morgan fingerprint density at radius 3 is 2.81 bits per heavy atom. The highest BCUT2D eigenvalue weighted by atomic mass is 79.9. The van der Waals surface area contributed by atoms with E-state index in [2.05, 4.69) is 40.9 Å². The van der Waals surface area contributed by atoms with Gasteiger partial charge in [-0.1, -0.05) is 35.3 Å². The van der Waals surface area contributed by atoms with Crippen molar-refractivity contribution in [3.8, 4) is 6.07 Å². The van der Waals surface area contributed by atoms with Gasteiger partial charge in [-0.15, -0.1) is 0 Å². The smallest absolute Gasteiger partial charge is 0.0992 e. The van der Waals surface area contributed by atoms with Gasteiger partial charge in [0.15, 0.2) is 0 Å². The zero-order chi connectivity index (χ0) is 12.0. The van der Waals surface area contributed by atoms with Crippen LogP contribution in [0.1, 0.15) is 18.9 Å². The zero-order valence-corrected chi connectivity index (χ0v) is 11.4. The molecule has 0 aliphatic rings. The molecule has 0 aromatic heterocycles. The lowest BCUT2D eigenvalue weighted by molar-refractivity contribution is 0.572. The average molecular weight is 281 g/mol. The molecule has 86 valence electrons. The van der Waals surface area contributed by atoms with Gasteiger partial charge in [0.1, 0.15) is 0 Å². The molecule has 0 aliphatic heterocycles. The number of halogens is 1. The van der Waals surface area contributed by atoms with E-state index < -0.39 is 0 Å². The first-order valence-electron chi connectivity index (χ1n) is 5.48. The normalized spacial score (nSPS) is 11.9. The molecule has 0 spiro atoms. The predicted octanol–water partition coefficient (Wildman–Crippen LogP) is 3.42. The molecule has 16 heavy (non-hydrogen) atoms. The van der Waals surface area contributed by atoms with Crippen LogP contribution in [0.4, 0.5) is 5.69 Å². The molecule has 3 heteroatoms. The van der Waals surface area contributed by atoms with Gasteiger partial charge in [0.25, 0.3) is 0 Å². The van der Waals surface area contributed by atoms with Crippen LogP contribution >= 0.6 is 15.9 Å². The van der Waals surface area contributed by atoms with E-state index in [4.69, 9.17) is 5.26 Å². The molecule has 0 saturated carbocycles. The van der Waals surface area contributed by atoms with Gasteiger partial charge in [-0.2, -0.15) is 5.26 Å². The number of anilines is 1. The van der Waals surface area contributed by atoms with Crippen LogP contribution in [0.2, 0.25) is 0 Å². The summed E-state index contributed by atoms with van der Waals surface area (Å²) in [6, 6.07) is 9.91. The third-order valence-corrected chi connectivity index (χ3v) is 3.66. The molecule has 0 bridgehead atoms. The van der Waals surface area contributed by atoms with Gasteiger partial charge in [0, 0.05) is 24.6 Å². The van der Waals surface area contributed by atoms with Crippen LogP contribution < -0.4 is 4.90 Å². The number of alkyl halides is 1. The van der Waals surface area contributed by atoms with Gasteiger partial charge in [-0.25, -0.2) is 0 Å². The Labute approximate surface area is 106 Å². The van der Waals surface area contributed by atoms with Crippen LogP contribution in [0.3, 0.4) is 0 Å². The number of hydrogen-bond acceptors (Lipinski definition) is 2. The highest BCUT2D eigenvalue weighted by molar-refractivity contribution is 9.09. The van der Waals surface area contributed by atoms with Crippen molar-refractivity contribution >= 4 is 21.6 Å². The van der Waals surface area contributed by atoms with Crippen molar-refractivity contribution in [3.05, 3.63) is 29.8 Å². The zero-order valence-electron chi connectivity index (χ0n) is 9.78. The number of benzene rings is 1. The molecule has 0 heterocycles. The summed E-state index contributed by atoms with van der Waals surface area (Å²) in [6.07, 6.45) is 1.16. The second kappa shape index (κ2) is 6.55.